The number of thioether (sulfide) groups is 1. The molecular formula is C6H10O2S. The van der Waals surface area contributed by atoms with Crippen LogP contribution >= 0.6 is 11.8 Å². The largest absolute Gasteiger partial charge is 0.480 e. The van der Waals surface area contributed by atoms with Crippen molar-refractivity contribution in [1.29, 1.82) is 0 Å². The number of hydrogen-bond donors (Lipinski definition) is 1. The van der Waals surface area contributed by atoms with Gasteiger partial charge in [0.15, 0.2) is 0 Å². The van der Waals surface area contributed by atoms with E-state index >= 15 is 0 Å². The predicted molar refractivity (Wildman–Crippen MR) is 37.7 cm³/mol. The highest BCUT2D eigenvalue weighted by atomic mass is 32.2. The molecule has 2 nitrogen and oxygen atoms in total. The zero-order chi connectivity index (χ0) is 6.91. The molecular weight excluding hydrogens is 136 g/mol. The van der Waals surface area contributed by atoms with Crippen LogP contribution in [0.2, 0.25) is 0 Å². The van der Waals surface area contributed by atoms with Gasteiger partial charge in [-0.25, -0.2) is 0 Å². The van der Waals surface area contributed by atoms with E-state index in [4.69, 9.17) is 5.11 Å². The second-order valence-corrected chi connectivity index (χ2v) is 3.55. The van der Waals surface area contributed by atoms with Gasteiger partial charge in [0.25, 0.3) is 0 Å². The summed E-state index contributed by atoms with van der Waals surface area (Å²) in [4.78, 5) is 10.5. The standard InChI is InChI=1S/C6H10O2S/c1-9-6(5(7)8)3-2-4-6/h2-4H2,1H3,(H,7,8). The molecule has 1 fully saturated rings. The lowest BCUT2D eigenvalue weighted by Gasteiger charge is -2.35. The zero-order valence-corrected chi connectivity index (χ0v) is 6.20. The van der Waals surface area contributed by atoms with Gasteiger partial charge in [0.2, 0.25) is 0 Å². The van der Waals surface area contributed by atoms with Gasteiger partial charge >= 0.3 is 5.97 Å². The Kier molecular flexibility index (Phi) is 1.70. The molecule has 0 amide bonds. The molecule has 3 heteroatoms. The third-order valence-electron chi connectivity index (χ3n) is 1.94. The fraction of sp³-hybridized carbons (Fsp3) is 0.833. The van der Waals surface area contributed by atoms with Crippen LogP contribution in [0.5, 0.6) is 0 Å². The van der Waals surface area contributed by atoms with E-state index in [2.05, 4.69) is 0 Å². The van der Waals surface area contributed by atoms with Gasteiger partial charge in [-0.1, -0.05) is 0 Å². The summed E-state index contributed by atoms with van der Waals surface area (Å²) < 4.78 is -0.403. The summed E-state index contributed by atoms with van der Waals surface area (Å²) in [5.41, 5.74) is 0. The first-order valence-corrected chi connectivity index (χ1v) is 4.22. The van der Waals surface area contributed by atoms with Gasteiger partial charge in [-0.2, -0.15) is 0 Å². The summed E-state index contributed by atoms with van der Waals surface area (Å²) in [7, 11) is 0. The average Bonchev–Trinajstić information content (AvgIpc) is 1.62. The Hall–Kier alpha value is -0.180. The second kappa shape index (κ2) is 2.21. The normalized spacial score (nSPS) is 22.8. The number of hydrogen-bond acceptors (Lipinski definition) is 2. The second-order valence-electron chi connectivity index (χ2n) is 2.36. The number of carbonyl (C=O) groups is 1. The molecule has 0 aromatic carbocycles. The molecule has 0 heterocycles. The van der Waals surface area contributed by atoms with Crippen LogP contribution in [-0.2, 0) is 4.79 Å². The first kappa shape index (κ1) is 6.93. The SMILES string of the molecule is CSC1(C(=O)O)CCC1. The molecule has 1 rings (SSSR count). The van der Waals surface area contributed by atoms with E-state index in [1.165, 1.54) is 11.8 Å². The Bertz CT molecular complexity index is 124. The molecule has 1 N–H and O–H groups in total. The van der Waals surface area contributed by atoms with Gasteiger partial charge in [-0.15, -0.1) is 11.8 Å². The van der Waals surface area contributed by atoms with Crippen molar-refractivity contribution >= 4 is 17.7 Å². The third kappa shape index (κ3) is 0.936. The molecule has 0 unspecified atom stereocenters. The van der Waals surface area contributed by atoms with Crippen molar-refractivity contribution in [1.82, 2.24) is 0 Å². The number of carboxylic acids is 1. The van der Waals surface area contributed by atoms with Crippen LogP contribution in [0.25, 0.3) is 0 Å². The van der Waals surface area contributed by atoms with Crippen LogP contribution in [-0.4, -0.2) is 22.1 Å². The van der Waals surface area contributed by atoms with Crippen LogP contribution in [0.4, 0.5) is 0 Å². The topological polar surface area (TPSA) is 37.3 Å². The number of aliphatic carboxylic acids is 1. The molecule has 0 aromatic heterocycles. The molecule has 0 saturated heterocycles. The lowest BCUT2D eigenvalue weighted by atomic mass is 9.84. The van der Waals surface area contributed by atoms with Gasteiger partial charge < -0.3 is 5.11 Å². The van der Waals surface area contributed by atoms with Crippen LogP contribution in [0.1, 0.15) is 19.3 Å². The van der Waals surface area contributed by atoms with Crippen LogP contribution in [0, 0.1) is 0 Å². The van der Waals surface area contributed by atoms with Gasteiger partial charge in [0, 0.05) is 0 Å². The molecule has 0 bridgehead atoms. The van der Waals surface area contributed by atoms with Gasteiger partial charge in [-0.05, 0) is 25.5 Å². The molecule has 1 aliphatic carbocycles. The summed E-state index contributed by atoms with van der Waals surface area (Å²) in [5, 5.41) is 8.66. The van der Waals surface area contributed by atoms with Crippen molar-refractivity contribution in [2.45, 2.75) is 24.0 Å². The van der Waals surface area contributed by atoms with Crippen molar-refractivity contribution in [2.75, 3.05) is 6.26 Å². The summed E-state index contributed by atoms with van der Waals surface area (Å²) in [6, 6.07) is 0. The molecule has 0 atom stereocenters. The fourth-order valence-electron chi connectivity index (χ4n) is 1.00. The van der Waals surface area contributed by atoms with E-state index in [9.17, 15) is 4.79 Å². The van der Waals surface area contributed by atoms with Gasteiger partial charge in [-0.3, -0.25) is 4.79 Å². The average molecular weight is 146 g/mol. The lowest BCUT2D eigenvalue weighted by Crippen LogP contribution is -2.41. The molecule has 1 saturated carbocycles. The Balaban J connectivity index is 2.57. The Morgan fingerprint density at radius 1 is 1.67 bits per heavy atom. The minimum absolute atomic E-state index is 0.403. The summed E-state index contributed by atoms with van der Waals surface area (Å²) in [5.74, 6) is -0.638. The highest BCUT2D eigenvalue weighted by Gasteiger charge is 2.43. The van der Waals surface area contributed by atoms with E-state index in [0.29, 0.717) is 0 Å². The number of rotatable bonds is 2. The molecule has 0 aromatic rings. The highest BCUT2D eigenvalue weighted by Crippen LogP contribution is 2.42. The van der Waals surface area contributed by atoms with Crippen LogP contribution < -0.4 is 0 Å². The van der Waals surface area contributed by atoms with Crippen molar-refractivity contribution in [2.24, 2.45) is 0 Å². The highest BCUT2D eigenvalue weighted by molar-refractivity contribution is 8.00. The van der Waals surface area contributed by atoms with Crippen molar-refractivity contribution in [3.63, 3.8) is 0 Å². The molecule has 0 radical (unpaired) electrons. The maximum atomic E-state index is 10.5. The molecule has 0 aliphatic heterocycles. The van der Waals surface area contributed by atoms with Crippen LogP contribution in [0.3, 0.4) is 0 Å². The van der Waals surface area contributed by atoms with E-state index < -0.39 is 10.7 Å². The summed E-state index contributed by atoms with van der Waals surface area (Å²) >= 11 is 1.47. The Labute approximate surface area is 58.6 Å². The van der Waals surface area contributed by atoms with Crippen molar-refractivity contribution in [3.05, 3.63) is 0 Å². The minimum atomic E-state index is -0.638. The van der Waals surface area contributed by atoms with Crippen molar-refractivity contribution in [3.8, 4) is 0 Å². The maximum absolute atomic E-state index is 10.5. The molecule has 1 aliphatic rings. The Morgan fingerprint density at radius 3 is 2.22 bits per heavy atom. The lowest BCUT2D eigenvalue weighted by molar-refractivity contribution is -0.142. The quantitative estimate of drug-likeness (QED) is 0.639. The van der Waals surface area contributed by atoms with Gasteiger partial charge in [0.05, 0.1) is 0 Å². The zero-order valence-electron chi connectivity index (χ0n) is 5.39. The Morgan fingerprint density at radius 2 is 2.22 bits per heavy atom. The molecule has 52 valence electrons. The predicted octanol–water partition coefficient (Wildman–Crippen LogP) is 1.36. The van der Waals surface area contributed by atoms with Crippen LogP contribution in [0.15, 0.2) is 0 Å². The monoisotopic (exact) mass is 146 g/mol. The summed E-state index contributed by atoms with van der Waals surface area (Å²) in [6.07, 6.45) is 4.65. The fourth-order valence-corrected chi connectivity index (χ4v) is 1.87. The van der Waals surface area contributed by atoms with E-state index in [1.807, 2.05) is 6.26 Å². The third-order valence-corrected chi connectivity index (χ3v) is 3.31. The molecule has 9 heavy (non-hydrogen) atoms. The van der Waals surface area contributed by atoms with E-state index in [1.54, 1.807) is 0 Å². The first-order valence-electron chi connectivity index (χ1n) is 3.00. The van der Waals surface area contributed by atoms with Gasteiger partial charge in [0.1, 0.15) is 4.75 Å². The summed E-state index contributed by atoms with van der Waals surface area (Å²) in [6.45, 7) is 0. The maximum Gasteiger partial charge on any atom is 0.319 e. The van der Waals surface area contributed by atoms with E-state index in [0.717, 1.165) is 19.3 Å². The number of carboxylic acid groups (broad SMARTS) is 1. The molecule has 0 spiro atoms. The smallest absolute Gasteiger partial charge is 0.319 e. The van der Waals surface area contributed by atoms with Crippen molar-refractivity contribution < 1.29 is 9.90 Å². The first-order chi connectivity index (χ1) is 4.21. The van der Waals surface area contributed by atoms with E-state index in [-0.39, 0.29) is 0 Å². The minimum Gasteiger partial charge on any atom is -0.480 e.